The third-order valence-corrected chi connectivity index (χ3v) is 5.54. The molecule has 2 fully saturated rings. The van der Waals surface area contributed by atoms with Gasteiger partial charge in [-0.1, -0.05) is 18.2 Å². The smallest absolute Gasteiger partial charge is 0.124 e. The van der Waals surface area contributed by atoms with Crippen molar-refractivity contribution in [2.75, 3.05) is 18.1 Å². The molecular formula is C17H25NO2S. The summed E-state index contributed by atoms with van der Waals surface area (Å²) in [6, 6.07) is 8.15. The lowest BCUT2D eigenvalue weighted by atomic mass is 9.86. The first-order valence-corrected chi connectivity index (χ1v) is 9.07. The van der Waals surface area contributed by atoms with Crippen molar-refractivity contribution < 1.29 is 9.47 Å². The van der Waals surface area contributed by atoms with Crippen LogP contribution in [0.4, 0.5) is 0 Å². The van der Waals surface area contributed by atoms with Crippen LogP contribution < -0.4 is 10.5 Å². The van der Waals surface area contributed by atoms with Crippen molar-refractivity contribution in [2.24, 2.45) is 5.73 Å². The highest BCUT2D eigenvalue weighted by molar-refractivity contribution is 7.99. The van der Waals surface area contributed by atoms with Crippen molar-refractivity contribution in [3.63, 3.8) is 0 Å². The van der Waals surface area contributed by atoms with Gasteiger partial charge in [-0.3, -0.25) is 0 Å². The molecule has 2 heterocycles. The van der Waals surface area contributed by atoms with Gasteiger partial charge in [0.25, 0.3) is 0 Å². The minimum absolute atomic E-state index is 0.00100. The number of hydrogen-bond acceptors (Lipinski definition) is 4. The fourth-order valence-electron chi connectivity index (χ4n) is 3.32. The van der Waals surface area contributed by atoms with Crippen molar-refractivity contribution in [3.8, 4) is 5.75 Å². The standard InChI is InChI=1S/C17H25NO2S/c1-13(18)15-4-2-3-5-16(15)20-14-6-9-19-17(12-14)7-10-21-11-8-17/h2-5,13-14H,6-12,18H2,1H3. The molecule has 0 aromatic heterocycles. The normalized spacial score (nSPS) is 26.5. The van der Waals surface area contributed by atoms with Gasteiger partial charge in [0.1, 0.15) is 11.9 Å². The van der Waals surface area contributed by atoms with Crippen LogP contribution in [0.1, 0.15) is 44.2 Å². The molecule has 2 atom stereocenters. The van der Waals surface area contributed by atoms with Gasteiger partial charge in [0.05, 0.1) is 12.2 Å². The van der Waals surface area contributed by atoms with Gasteiger partial charge in [0, 0.05) is 24.4 Å². The van der Waals surface area contributed by atoms with E-state index in [4.69, 9.17) is 15.2 Å². The Kier molecular flexibility index (Phi) is 4.77. The van der Waals surface area contributed by atoms with E-state index in [1.54, 1.807) is 0 Å². The molecule has 2 saturated heterocycles. The van der Waals surface area contributed by atoms with Crippen LogP contribution in [0.5, 0.6) is 5.75 Å². The number of thioether (sulfide) groups is 1. The minimum Gasteiger partial charge on any atom is -0.490 e. The molecule has 2 N–H and O–H groups in total. The zero-order valence-electron chi connectivity index (χ0n) is 12.7. The maximum atomic E-state index is 6.31. The Morgan fingerprint density at radius 3 is 2.86 bits per heavy atom. The van der Waals surface area contributed by atoms with Gasteiger partial charge in [-0.15, -0.1) is 0 Å². The van der Waals surface area contributed by atoms with Crippen LogP contribution in [-0.2, 0) is 4.74 Å². The van der Waals surface area contributed by atoms with Crippen LogP contribution in [0.2, 0.25) is 0 Å². The molecule has 1 spiro atoms. The van der Waals surface area contributed by atoms with Gasteiger partial charge >= 0.3 is 0 Å². The topological polar surface area (TPSA) is 44.5 Å². The van der Waals surface area contributed by atoms with Gasteiger partial charge in [-0.2, -0.15) is 11.8 Å². The van der Waals surface area contributed by atoms with Crippen LogP contribution in [0.3, 0.4) is 0 Å². The van der Waals surface area contributed by atoms with E-state index >= 15 is 0 Å². The van der Waals surface area contributed by atoms with E-state index < -0.39 is 0 Å². The fourth-order valence-corrected chi connectivity index (χ4v) is 4.56. The summed E-state index contributed by atoms with van der Waals surface area (Å²) < 4.78 is 12.4. The quantitative estimate of drug-likeness (QED) is 0.928. The highest BCUT2D eigenvalue weighted by atomic mass is 32.2. The van der Waals surface area contributed by atoms with E-state index in [9.17, 15) is 0 Å². The minimum atomic E-state index is 0.00100. The molecule has 3 rings (SSSR count). The molecule has 2 unspecified atom stereocenters. The summed E-state index contributed by atoms with van der Waals surface area (Å²) in [7, 11) is 0. The second-order valence-electron chi connectivity index (χ2n) is 6.20. The van der Waals surface area contributed by atoms with Crippen LogP contribution in [0.25, 0.3) is 0 Å². The second-order valence-corrected chi connectivity index (χ2v) is 7.43. The van der Waals surface area contributed by atoms with E-state index in [0.29, 0.717) is 0 Å². The van der Waals surface area contributed by atoms with E-state index in [1.807, 2.05) is 36.9 Å². The Morgan fingerprint density at radius 1 is 1.33 bits per heavy atom. The monoisotopic (exact) mass is 307 g/mol. The van der Waals surface area contributed by atoms with Crippen LogP contribution in [0.15, 0.2) is 24.3 Å². The summed E-state index contributed by atoms with van der Waals surface area (Å²) in [6.07, 6.45) is 4.56. The van der Waals surface area contributed by atoms with E-state index in [2.05, 4.69) is 6.07 Å². The van der Waals surface area contributed by atoms with Crippen LogP contribution >= 0.6 is 11.8 Å². The highest BCUT2D eigenvalue weighted by Crippen LogP contribution is 2.39. The molecule has 1 aromatic rings. The predicted octanol–water partition coefficient (Wildman–Crippen LogP) is 3.53. The lowest BCUT2D eigenvalue weighted by Gasteiger charge is -2.43. The Morgan fingerprint density at radius 2 is 2.10 bits per heavy atom. The molecule has 3 nitrogen and oxygen atoms in total. The molecule has 0 saturated carbocycles. The summed E-state index contributed by atoms with van der Waals surface area (Å²) >= 11 is 2.04. The number of rotatable bonds is 3. The first-order chi connectivity index (χ1) is 10.2. The number of para-hydroxylation sites is 1. The predicted molar refractivity (Wildman–Crippen MR) is 87.9 cm³/mol. The average molecular weight is 307 g/mol. The SMILES string of the molecule is CC(N)c1ccccc1OC1CCOC2(CCSCC2)C1. The molecule has 2 aliphatic rings. The summed E-state index contributed by atoms with van der Waals surface area (Å²) in [5.41, 5.74) is 7.21. The van der Waals surface area contributed by atoms with Gasteiger partial charge < -0.3 is 15.2 Å². The molecule has 1 aromatic carbocycles. The van der Waals surface area contributed by atoms with E-state index in [-0.39, 0.29) is 17.7 Å². The molecular weight excluding hydrogens is 282 g/mol. The lowest BCUT2D eigenvalue weighted by Crippen LogP contribution is -2.46. The molecule has 21 heavy (non-hydrogen) atoms. The summed E-state index contributed by atoms with van der Waals surface area (Å²) in [4.78, 5) is 0. The van der Waals surface area contributed by atoms with Crippen molar-refractivity contribution in [1.82, 2.24) is 0 Å². The van der Waals surface area contributed by atoms with E-state index in [1.165, 1.54) is 11.5 Å². The maximum Gasteiger partial charge on any atom is 0.124 e. The molecule has 0 radical (unpaired) electrons. The molecule has 116 valence electrons. The van der Waals surface area contributed by atoms with Crippen molar-refractivity contribution in [3.05, 3.63) is 29.8 Å². The second kappa shape index (κ2) is 6.59. The molecule has 0 amide bonds. The molecule has 4 heteroatoms. The van der Waals surface area contributed by atoms with Gasteiger partial charge in [0.2, 0.25) is 0 Å². The summed E-state index contributed by atoms with van der Waals surface area (Å²) in [5.74, 6) is 3.37. The van der Waals surface area contributed by atoms with Crippen molar-refractivity contribution >= 4 is 11.8 Å². The zero-order valence-corrected chi connectivity index (χ0v) is 13.5. The highest BCUT2D eigenvalue weighted by Gasteiger charge is 2.39. The largest absolute Gasteiger partial charge is 0.490 e. The Hall–Kier alpha value is -0.710. The summed E-state index contributed by atoms with van der Waals surface area (Å²) in [5, 5.41) is 0. The van der Waals surface area contributed by atoms with Crippen molar-refractivity contribution in [2.45, 2.75) is 50.4 Å². The number of benzene rings is 1. The van der Waals surface area contributed by atoms with Gasteiger partial charge in [-0.25, -0.2) is 0 Å². The van der Waals surface area contributed by atoms with Gasteiger partial charge in [0.15, 0.2) is 0 Å². The average Bonchev–Trinajstić information content (AvgIpc) is 2.48. The number of ether oxygens (including phenoxy) is 2. The lowest BCUT2D eigenvalue weighted by molar-refractivity contribution is -0.116. The zero-order chi connectivity index (χ0) is 14.7. The molecule has 0 aliphatic carbocycles. The third kappa shape index (κ3) is 3.55. The van der Waals surface area contributed by atoms with Crippen LogP contribution in [-0.4, -0.2) is 29.8 Å². The van der Waals surface area contributed by atoms with Crippen LogP contribution in [0, 0.1) is 0 Å². The first-order valence-electron chi connectivity index (χ1n) is 7.91. The Bertz CT molecular complexity index is 466. The number of hydrogen-bond donors (Lipinski definition) is 1. The third-order valence-electron chi connectivity index (χ3n) is 4.55. The van der Waals surface area contributed by atoms with Gasteiger partial charge in [-0.05, 0) is 37.3 Å². The fraction of sp³-hybridized carbons (Fsp3) is 0.647. The van der Waals surface area contributed by atoms with E-state index in [0.717, 1.165) is 43.6 Å². The molecule has 2 aliphatic heterocycles. The Labute approximate surface area is 131 Å². The number of nitrogens with two attached hydrogens (primary N) is 1. The molecule has 0 bridgehead atoms. The first kappa shape index (κ1) is 15.2. The van der Waals surface area contributed by atoms with Crippen molar-refractivity contribution in [1.29, 1.82) is 0 Å². The maximum absolute atomic E-state index is 6.31. The summed E-state index contributed by atoms with van der Waals surface area (Å²) in [6.45, 7) is 2.82. The Balaban J connectivity index is 1.70.